The van der Waals surface area contributed by atoms with Crippen molar-refractivity contribution in [3.05, 3.63) is 66.5 Å². The van der Waals surface area contributed by atoms with Gasteiger partial charge < -0.3 is 4.40 Å². The van der Waals surface area contributed by atoms with Gasteiger partial charge in [-0.05, 0) is 30.7 Å². The summed E-state index contributed by atoms with van der Waals surface area (Å²) in [6.07, 6.45) is 2.11. The van der Waals surface area contributed by atoms with E-state index in [1.165, 1.54) is 22.3 Å². The third kappa shape index (κ3) is 1.33. The van der Waals surface area contributed by atoms with Gasteiger partial charge in [0.2, 0.25) is 0 Å². The Labute approximate surface area is 95.0 Å². The van der Waals surface area contributed by atoms with Crippen molar-refractivity contribution in [3.63, 3.8) is 0 Å². The first-order valence-electron chi connectivity index (χ1n) is 5.48. The third-order valence-corrected chi connectivity index (χ3v) is 2.95. The summed E-state index contributed by atoms with van der Waals surface area (Å²) < 4.78 is 2.22. The molecule has 0 amide bonds. The molecule has 0 radical (unpaired) electrons. The lowest BCUT2D eigenvalue weighted by molar-refractivity contribution is 1.11. The van der Waals surface area contributed by atoms with E-state index in [0.29, 0.717) is 0 Å². The average molecular weight is 207 g/mol. The molecule has 3 rings (SSSR count). The van der Waals surface area contributed by atoms with Gasteiger partial charge in [-0.1, -0.05) is 36.4 Å². The van der Waals surface area contributed by atoms with Crippen LogP contribution in [0.3, 0.4) is 0 Å². The molecular weight excluding hydrogens is 194 g/mol. The monoisotopic (exact) mass is 207 g/mol. The number of fused-ring (bicyclic) bond motifs is 1. The molecule has 1 nitrogen and oxygen atoms in total. The zero-order valence-corrected chi connectivity index (χ0v) is 9.22. The Morgan fingerprint density at radius 3 is 2.44 bits per heavy atom. The minimum Gasteiger partial charge on any atom is -0.321 e. The molecule has 0 unspecified atom stereocenters. The highest BCUT2D eigenvalue weighted by molar-refractivity contribution is 5.81. The number of rotatable bonds is 1. The third-order valence-electron chi connectivity index (χ3n) is 2.95. The van der Waals surface area contributed by atoms with Crippen molar-refractivity contribution in [1.82, 2.24) is 4.40 Å². The number of aryl methyl sites for hydroxylation is 1. The van der Waals surface area contributed by atoms with Crippen LogP contribution in [0.4, 0.5) is 0 Å². The number of hydrogen-bond donors (Lipinski definition) is 0. The van der Waals surface area contributed by atoms with Gasteiger partial charge >= 0.3 is 0 Å². The first-order chi connectivity index (χ1) is 7.86. The molecule has 2 heterocycles. The topological polar surface area (TPSA) is 4.41 Å². The summed E-state index contributed by atoms with van der Waals surface area (Å²) in [5.74, 6) is 0. The molecule has 2 aromatic heterocycles. The van der Waals surface area contributed by atoms with Gasteiger partial charge in [0.25, 0.3) is 0 Å². The van der Waals surface area contributed by atoms with E-state index in [1.807, 2.05) is 0 Å². The van der Waals surface area contributed by atoms with E-state index in [1.54, 1.807) is 0 Å². The van der Waals surface area contributed by atoms with Gasteiger partial charge in [0.05, 0.1) is 5.52 Å². The van der Waals surface area contributed by atoms with Crippen molar-refractivity contribution in [2.24, 2.45) is 0 Å². The highest BCUT2D eigenvalue weighted by Gasteiger charge is 2.06. The number of nitrogens with zero attached hydrogens (tertiary/aromatic N) is 1. The lowest BCUT2D eigenvalue weighted by Gasteiger charge is -2.00. The van der Waals surface area contributed by atoms with Crippen molar-refractivity contribution in [2.75, 3.05) is 0 Å². The largest absolute Gasteiger partial charge is 0.321 e. The van der Waals surface area contributed by atoms with E-state index in [2.05, 4.69) is 72.1 Å². The van der Waals surface area contributed by atoms with Crippen molar-refractivity contribution in [1.29, 1.82) is 0 Å². The Hall–Kier alpha value is -2.02. The molecule has 0 aliphatic carbocycles. The summed E-state index contributed by atoms with van der Waals surface area (Å²) >= 11 is 0. The first kappa shape index (κ1) is 9.22. The lowest BCUT2D eigenvalue weighted by Crippen LogP contribution is -1.84. The number of pyridine rings is 1. The molecule has 0 saturated heterocycles. The normalized spacial score (nSPS) is 10.8. The van der Waals surface area contributed by atoms with Crippen LogP contribution in [-0.4, -0.2) is 4.40 Å². The van der Waals surface area contributed by atoms with E-state index in [9.17, 15) is 0 Å². The minimum atomic E-state index is 1.27. The molecule has 0 spiro atoms. The van der Waals surface area contributed by atoms with E-state index < -0.39 is 0 Å². The maximum atomic E-state index is 2.24. The summed E-state index contributed by atoms with van der Waals surface area (Å²) in [6.45, 7) is 2.14. The molecular formula is C15H13N. The molecule has 1 heteroatoms. The van der Waals surface area contributed by atoms with Gasteiger partial charge in [0, 0.05) is 17.5 Å². The van der Waals surface area contributed by atoms with Crippen molar-refractivity contribution in [3.8, 4) is 11.1 Å². The van der Waals surface area contributed by atoms with Gasteiger partial charge in [-0.25, -0.2) is 0 Å². The van der Waals surface area contributed by atoms with Crippen LogP contribution in [0.1, 0.15) is 5.69 Å². The van der Waals surface area contributed by atoms with E-state index in [-0.39, 0.29) is 0 Å². The number of hydrogen-bond acceptors (Lipinski definition) is 0. The van der Waals surface area contributed by atoms with Gasteiger partial charge in [-0.15, -0.1) is 0 Å². The average Bonchev–Trinajstić information content (AvgIpc) is 2.69. The molecule has 0 aliphatic rings. The fraction of sp³-hybridized carbons (Fsp3) is 0.0667. The molecule has 0 fully saturated rings. The van der Waals surface area contributed by atoms with Gasteiger partial charge in [-0.3, -0.25) is 0 Å². The van der Waals surface area contributed by atoms with Crippen LogP contribution in [0, 0.1) is 6.92 Å². The van der Waals surface area contributed by atoms with Gasteiger partial charge in [0.15, 0.2) is 0 Å². The van der Waals surface area contributed by atoms with Gasteiger partial charge in [0.1, 0.15) is 0 Å². The summed E-state index contributed by atoms with van der Waals surface area (Å²) in [4.78, 5) is 0. The van der Waals surface area contributed by atoms with Crippen molar-refractivity contribution < 1.29 is 0 Å². The Morgan fingerprint density at radius 2 is 1.62 bits per heavy atom. The van der Waals surface area contributed by atoms with Crippen LogP contribution >= 0.6 is 0 Å². The zero-order valence-electron chi connectivity index (χ0n) is 9.22. The second-order valence-electron chi connectivity index (χ2n) is 4.02. The highest BCUT2D eigenvalue weighted by Crippen LogP contribution is 2.27. The quantitative estimate of drug-likeness (QED) is 0.569. The van der Waals surface area contributed by atoms with E-state index in [4.69, 9.17) is 0 Å². The van der Waals surface area contributed by atoms with Crippen molar-refractivity contribution >= 4 is 5.52 Å². The minimum absolute atomic E-state index is 1.27. The van der Waals surface area contributed by atoms with Crippen LogP contribution in [0.15, 0.2) is 60.8 Å². The SMILES string of the molecule is Cc1cc(-c2ccccc2)c2ccccn12. The molecule has 16 heavy (non-hydrogen) atoms. The van der Waals surface area contributed by atoms with E-state index >= 15 is 0 Å². The summed E-state index contributed by atoms with van der Waals surface area (Å²) in [5.41, 5.74) is 5.12. The zero-order chi connectivity index (χ0) is 11.0. The first-order valence-corrected chi connectivity index (χ1v) is 5.48. The highest BCUT2D eigenvalue weighted by atomic mass is 14.9. The number of aromatic nitrogens is 1. The molecule has 0 saturated carbocycles. The number of benzene rings is 1. The predicted octanol–water partition coefficient (Wildman–Crippen LogP) is 3.91. The van der Waals surface area contributed by atoms with Crippen LogP contribution in [-0.2, 0) is 0 Å². The summed E-state index contributed by atoms with van der Waals surface area (Å²) in [5, 5.41) is 0. The van der Waals surface area contributed by atoms with E-state index in [0.717, 1.165) is 0 Å². The van der Waals surface area contributed by atoms with Crippen LogP contribution < -0.4 is 0 Å². The Morgan fingerprint density at radius 1 is 0.875 bits per heavy atom. The Bertz CT molecular complexity index is 620. The second-order valence-corrected chi connectivity index (χ2v) is 4.02. The fourth-order valence-corrected chi connectivity index (χ4v) is 2.17. The Kier molecular flexibility index (Phi) is 2.03. The summed E-state index contributed by atoms with van der Waals surface area (Å²) in [6, 6.07) is 19.1. The molecule has 0 bridgehead atoms. The fourth-order valence-electron chi connectivity index (χ4n) is 2.17. The maximum absolute atomic E-state index is 2.24. The molecule has 0 atom stereocenters. The molecule has 0 N–H and O–H groups in total. The smallest absolute Gasteiger partial charge is 0.0531 e. The molecule has 3 aromatic rings. The standard InChI is InChI=1S/C15H13N/c1-12-11-14(13-7-3-2-4-8-13)15-9-5-6-10-16(12)15/h2-11H,1H3. The lowest BCUT2D eigenvalue weighted by atomic mass is 10.1. The summed E-state index contributed by atoms with van der Waals surface area (Å²) in [7, 11) is 0. The molecule has 78 valence electrons. The predicted molar refractivity (Wildman–Crippen MR) is 67.6 cm³/mol. The van der Waals surface area contributed by atoms with Gasteiger partial charge in [-0.2, -0.15) is 0 Å². The second kappa shape index (κ2) is 3.53. The maximum Gasteiger partial charge on any atom is 0.0531 e. The molecule has 1 aromatic carbocycles. The van der Waals surface area contributed by atoms with Crippen LogP contribution in [0.5, 0.6) is 0 Å². The Balaban J connectivity index is 2.33. The van der Waals surface area contributed by atoms with Crippen LogP contribution in [0.2, 0.25) is 0 Å². The molecule has 0 aliphatic heterocycles. The van der Waals surface area contributed by atoms with Crippen molar-refractivity contribution in [2.45, 2.75) is 6.92 Å². The van der Waals surface area contributed by atoms with Crippen LogP contribution in [0.25, 0.3) is 16.6 Å².